The highest BCUT2D eigenvalue weighted by Gasteiger charge is 2.37. The van der Waals surface area contributed by atoms with E-state index >= 15 is 0 Å². The largest absolute Gasteiger partial charge is 0.493 e. The smallest absolute Gasteiger partial charge is 0.277 e. The molecular weight excluding hydrogens is 416 g/mol. The predicted octanol–water partition coefficient (Wildman–Crippen LogP) is 2.77. The Labute approximate surface area is 184 Å². The van der Waals surface area contributed by atoms with Crippen LogP contribution in [0.5, 0.6) is 11.5 Å². The number of ether oxygens (including phenoxy) is 2. The Balaban J connectivity index is 1.47. The van der Waals surface area contributed by atoms with Crippen molar-refractivity contribution in [2.45, 2.75) is 38.6 Å². The lowest BCUT2D eigenvalue weighted by Gasteiger charge is -2.37. The zero-order valence-corrected chi connectivity index (χ0v) is 19.3. The second kappa shape index (κ2) is 8.80. The summed E-state index contributed by atoms with van der Waals surface area (Å²) in [7, 11) is -0.369. The van der Waals surface area contributed by atoms with E-state index in [1.165, 1.54) is 4.31 Å². The van der Waals surface area contributed by atoms with E-state index in [2.05, 4.69) is 16.8 Å². The third-order valence-electron chi connectivity index (χ3n) is 6.66. The highest BCUT2D eigenvalue weighted by Crippen LogP contribution is 2.38. The molecule has 2 heterocycles. The van der Waals surface area contributed by atoms with Crippen molar-refractivity contribution in [1.82, 2.24) is 9.29 Å². The first-order chi connectivity index (χ1) is 14.8. The Hall–Kier alpha value is -2.10. The van der Waals surface area contributed by atoms with Gasteiger partial charge in [0.05, 0.1) is 19.7 Å². The Bertz CT molecular complexity index is 1030. The van der Waals surface area contributed by atoms with Gasteiger partial charge in [-0.1, -0.05) is 6.92 Å². The van der Waals surface area contributed by atoms with Crippen molar-refractivity contribution in [2.24, 2.45) is 17.0 Å². The topological polar surface area (TPSA) is 98.0 Å². The van der Waals surface area contributed by atoms with Crippen LogP contribution in [-0.4, -0.2) is 57.6 Å². The fourth-order valence-electron chi connectivity index (χ4n) is 4.70. The molecule has 170 valence electrons. The average molecular weight is 449 g/mol. The summed E-state index contributed by atoms with van der Waals surface area (Å²) < 4.78 is 36.3. The van der Waals surface area contributed by atoms with Crippen LogP contribution in [0.2, 0.25) is 0 Å². The summed E-state index contributed by atoms with van der Waals surface area (Å²) in [4.78, 5) is 6.89. The molecule has 1 atom stereocenters. The number of nitrogens with two attached hydrogens (primary N) is 1. The van der Waals surface area contributed by atoms with Gasteiger partial charge in [0, 0.05) is 49.0 Å². The van der Waals surface area contributed by atoms with Crippen molar-refractivity contribution >= 4 is 26.8 Å². The molecule has 1 aliphatic carbocycles. The van der Waals surface area contributed by atoms with E-state index in [4.69, 9.17) is 14.6 Å². The van der Waals surface area contributed by atoms with Crippen molar-refractivity contribution in [2.75, 3.05) is 38.8 Å². The standard InChI is InChI=1S/C22H32N4O4S/c1-15(14-26(17-4-5-17)31(23,27)28)16-7-10-25(11-8-16)20-6-9-24-19-13-22(30-3)21(29-2)12-18(19)20/h6,9,12-13,15-17H,4-5,7-8,10-11,14H2,1-3H3,(H2,23,27,28). The van der Waals surface area contributed by atoms with Crippen LogP contribution < -0.4 is 19.5 Å². The number of anilines is 1. The SMILES string of the molecule is COc1cc2nccc(N3CCC(C(C)CN(C4CC4)S(N)(=O)=O)CC3)c2cc1OC. The summed E-state index contributed by atoms with van der Waals surface area (Å²) in [5.41, 5.74) is 2.01. The molecule has 9 heteroatoms. The van der Waals surface area contributed by atoms with E-state index in [1.54, 1.807) is 14.2 Å². The van der Waals surface area contributed by atoms with Gasteiger partial charge in [0.25, 0.3) is 10.2 Å². The van der Waals surface area contributed by atoms with Gasteiger partial charge < -0.3 is 14.4 Å². The number of rotatable bonds is 8. The van der Waals surface area contributed by atoms with E-state index in [9.17, 15) is 8.42 Å². The third-order valence-corrected chi connectivity index (χ3v) is 7.76. The molecule has 1 aromatic carbocycles. The van der Waals surface area contributed by atoms with Gasteiger partial charge in [0.2, 0.25) is 0 Å². The van der Waals surface area contributed by atoms with Crippen molar-refractivity contribution in [3.8, 4) is 11.5 Å². The molecule has 1 saturated heterocycles. The third kappa shape index (κ3) is 4.73. The minimum absolute atomic E-state index is 0.104. The lowest BCUT2D eigenvalue weighted by atomic mass is 9.85. The number of hydrogen-bond acceptors (Lipinski definition) is 6. The molecule has 4 rings (SSSR count). The van der Waals surface area contributed by atoms with Crippen LogP contribution in [-0.2, 0) is 10.2 Å². The minimum Gasteiger partial charge on any atom is -0.493 e. The fourth-order valence-corrected chi connectivity index (χ4v) is 5.77. The molecular formula is C22H32N4O4S. The summed E-state index contributed by atoms with van der Waals surface area (Å²) in [5.74, 6) is 2.11. The number of piperidine rings is 1. The quantitative estimate of drug-likeness (QED) is 0.667. The van der Waals surface area contributed by atoms with Crippen LogP contribution in [0.25, 0.3) is 10.9 Å². The first-order valence-electron chi connectivity index (χ1n) is 10.9. The van der Waals surface area contributed by atoms with Gasteiger partial charge in [-0.15, -0.1) is 0 Å². The summed E-state index contributed by atoms with van der Waals surface area (Å²) >= 11 is 0. The van der Waals surface area contributed by atoms with Gasteiger partial charge in [-0.25, -0.2) is 5.14 Å². The second-order valence-electron chi connectivity index (χ2n) is 8.70. The molecule has 1 aromatic heterocycles. The molecule has 2 aromatic rings. The number of nitrogens with zero attached hydrogens (tertiary/aromatic N) is 3. The Morgan fingerprint density at radius 2 is 1.81 bits per heavy atom. The maximum Gasteiger partial charge on any atom is 0.277 e. The number of pyridine rings is 1. The van der Waals surface area contributed by atoms with Crippen LogP contribution in [0.4, 0.5) is 5.69 Å². The summed E-state index contributed by atoms with van der Waals surface area (Å²) in [6.07, 6.45) is 5.70. The van der Waals surface area contributed by atoms with Gasteiger partial charge in [-0.2, -0.15) is 12.7 Å². The zero-order valence-electron chi connectivity index (χ0n) is 18.5. The molecule has 31 heavy (non-hydrogen) atoms. The number of methoxy groups -OCH3 is 2. The summed E-state index contributed by atoms with van der Waals surface area (Å²) in [5, 5.41) is 6.50. The van der Waals surface area contributed by atoms with Gasteiger partial charge in [0.1, 0.15) is 0 Å². The first-order valence-corrected chi connectivity index (χ1v) is 12.4. The first kappa shape index (κ1) is 22.1. The molecule has 8 nitrogen and oxygen atoms in total. The van der Waals surface area contributed by atoms with E-state index in [1.807, 2.05) is 24.4 Å². The highest BCUT2D eigenvalue weighted by molar-refractivity contribution is 7.86. The van der Waals surface area contributed by atoms with E-state index < -0.39 is 10.2 Å². The Morgan fingerprint density at radius 3 is 2.39 bits per heavy atom. The fraction of sp³-hybridized carbons (Fsp3) is 0.591. The molecule has 0 bridgehead atoms. The molecule has 2 aliphatic rings. The number of fused-ring (bicyclic) bond motifs is 1. The van der Waals surface area contributed by atoms with Gasteiger partial charge in [-0.05, 0) is 49.7 Å². The lowest BCUT2D eigenvalue weighted by Crippen LogP contribution is -2.44. The molecule has 0 radical (unpaired) electrons. The van der Waals surface area contributed by atoms with Gasteiger partial charge in [-0.3, -0.25) is 4.98 Å². The zero-order chi connectivity index (χ0) is 22.2. The predicted molar refractivity (Wildman–Crippen MR) is 122 cm³/mol. The molecule has 2 fully saturated rings. The maximum atomic E-state index is 12.0. The summed E-state index contributed by atoms with van der Waals surface area (Å²) in [6.45, 7) is 4.51. The minimum atomic E-state index is -3.63. The van der Waals surface area contributed by atoms with Crippen molar-refractivity contribution in [3.05, 3.63) is 24.4 Å². The van der Waals surface area contributed by atoms with Gasteiger partial charge >= 0.3 is 0 Å². The Kier molecular flexibility index (Phi) is 6.27. The normalized spacial score (nSPS) is 19.1. The van der Waals surface area contributed by atoms with Gasteiger partial charge in [0.15, 0.2) is 11.5 Å². The van der Waals surface area contributed by atoms with Crippen molar-refractivity contribution in [3.63, 3.8) is 0 Å². The molecule has 0 amide bonds. The Morgan fingerprint density at radius 1 is 1.16 bits per heavy atom. The van der Waals surface area contributed by atoms with E-state index in [0.717, 1.165) is 55.4 Å². The highest BCUT2D eigenvalue weighted by atomic mass is 32.2. The average Bonchev–Trinajstić information content (AvgIpc) is 3.60. The van der Waals surface area contributed by atoms with Crippen molar-refractivity contribution < 1.29 is 17.9 Å². The van der Waals surface area contributed by atoms with E-state index in [0.29, 0.717) is 24.0 Å². The molecule has 1 saturated carbocycles. The number of benzene rings is 1. The van der Waals surface area contributed by atoms with Crippen LogP contribution in [0, 0.1) is 11.8 Å². The molecule has 0 spiro atoms. The van der Waals surface area contributed by atoms with E-state index in [-0.39, 0.29) is 12.0 Å². The number of hydrogen-bond donors (Lipinski definition) is 1. The molecule has 1 unspecified atom stereocenters. The van der Waals surface area contributed by atoms with Crippen LogP contribution >= 0.6 is 0 Å². The van der Waals surface area contributed by atoms with Crippen LogP contribution in [0.15, 0.2) is 24.4 Å². The van der Waals surface area contributed by atoms with Crippen LogP contribution in [0.3, 0.4) is 0 Å². The lowest BCUT2D eigenvalue weighted by molar-refractivity contribution is 0.239. The summed E-state index contributed by atoms with van der Waals surface area (Å²) in [6, 6.07) is 6.05. The second-order valence-corrected chi connectivity index (χ2v) is 10.2. The van der Waals surface area contributed by atoms with Crippen LogP contribution in [0.1, 0.15) is 32.6 Å². The molecule has 2 N–H and O–H groups in total. The maximum absolute atomic E-state index is 12.0. The monoisotopic (exact) mass is 448 g/mol. The molecule has 1 aliphatic heterocycles. The van der Waals surface area contributed by atoms with Crippen molar-refractivity contribution in [1.29, 1.82) is 0 Å². The number of aromatic nitrogens is 1.